The number of carbonyl (C=O) groups is 1. The first kappa shape index (κ1) is 8.43. The van der Waals surface area contributed by atoms with Gasteiger partial charge in [-0.1, -0.05) is 0 Å². The summed E-state index contributed by atoms with van der Waals surface area (Å²) in [4.78, 5) is 9.82. The molecule has 8 heavy (non-hydrogen) atoms. The van der Waals surface area contributed by atoms with Gasteiger partial charge in [0.25, 0.3) is 0 Å². The maximum atomic E-state index is 9.82. The van der Waals surface area contributed by atoms with Gasteiger partial charge in [0.15, 0.2) is 0 Å². The van der Waals surface area contributed by atoms with Gasteiger partial charge in [-0.05, 0) is 17.3 Å². The zero-order valence-corrected chi connectivity index (χ0v) is 6.37. The van der Waals surface area contributed by atoms with Crippen LogP contribution in [-0.2, 0) is 4.79 Å². The molecule has 0 aliphatic heterocycles. The van der Waals surface area contributed by atoms with Crippen molar-refractivity contribution in [3.8, 4) is 0 Å². The summed E-state index contributed by atoms with van der Waals surface area (Å²) in [5.74, 6) is 0.808. The second-order valence-corrected chi connectivity index (χ2v) is 2.75. The van der Waals surface area contributed by atoms with Crippen molar-refractivity contribution in [1.29, 1.82) is 0 Å². The minimum atomic E-state index is 0.213. The molecule has 4 heteroatoms. The maximum Gasteiger partial charge on any atom is 0.214 e. The summed E-state index contributed by atoms with van der Waals surface area (Å²) in [5.41, 5.74) is 0. The predicted molar refractivity (Wildman–Crippen MR) is 45.1 cm³/mol. The van der Waals surface area contributed by atoms with Crippen molar-refractivity contribution in [3.63, 3.8) is 0 Å². The highest BCUT2D eigenvalue weighted by Crippen LogP contribution is 1.98. The third kappa shape index (κ3) is 4.59. The Kier molecular flexibility index (Phi) is 5.87. The molecule has 0 heterocycles. The van der Waals surface area contributed by atoms with Crippen LogP contribution in [0.25, 0.3) is 0 Å². The molecule has 1 atom stereocenters. The summed E-state index contributed by atoms with van der Waals surface area (Å²) < 4.78 is 0. The first-order chi connectivity index (χ1) is 3.81. The van der Waals surface area contributed by atoms with Crippen LogP contribution in [0.4, 0.5) is 0 Å². The minimum absolute atomic E-state index is 0.213. The van der Waals surface area contributed by atoms with Crippen LogP contribution in [0.5, 0.6) is 0 Å². The Hall–Kier alpha value is 0.435. The summed E-state index contributed by atoms with van der Waals surface area (Å²) in [5, 5.41) is 0.213. The molecular formula is C4H9BOS2. The molecule has 1 nitrogen and oxygen atoms in total. The highest BCUT2D eigenvalue weighted by Gasteiger charge is 2.00. The van der Waals surface area contributed by atoms with Gasteiger partial charge in [-0.25, -0.2) is 0 Å². The SMILES string of the molecule is O=CBC(S)CCS. The number of carbonyl (C=O) groups excluding carboxylic acids is 1. The Bertz CT molecular complexity index is 69.1. The molecule has 0 aromatic rings. The monoisotopic (exact) mass is 148 g/mol. The normalized spacial score (nSPS) is 12.8. The zero-order chi connectivity index (χ0) is 6.41. The molecule has 0 saturated heterocycles. The summed E-state index contributed by atoms with van der Waals surface area (Å²) in [6, 6.07) is 0. The molecule has 0 amide bonds. The van der Waals surface area contributed by atoms with E-state index >= 15 is 0 Å². The molecule has 0 aromatic heterocycles. The van der Waals surface area contributed by atoms with Crippen LogP contribution in [0.3, 0.4) is 0 Å². The highest BCUT2D eigenvalue weighted by atomic mass is 32.1. The lowest BCUT2D eigenvalue weighted by atomic mass is 9.75. The first-order valence-electron chi connectivity index (χ1n) is 2.53. The van der Waals surface area contributed by atoms with Crippen molar-refractivity contribution in [1.82, 2.24) is 0 Å². The van der Waals surface area contributed by atoms with Crippen molar-refractivity contribution in [3.05, 3.63) is 0 Å². The Labute approximate surface area is 61.3 Å². The van der Waals surface area contributed by atoms with Crippen LogP contribution in [0.2, 0.25) is 0 Å². The van der Waals surface area contributed by atoms with E-state index in [-0.39, 0.29) is 5.15 Å². The summed E-state index contributed by atoms with van der Waals surface area (Å²) in [6.07, 6.45) is 1.80. The van der Waals surface area contributed by atoms with E-state index in [1.807, 2.05) is 0 Å². The third-order valence-electron chi connectivity index (χ3n) is 0.831. The maximum absolute atomic E-state index is 9.82. The molecule has 0 saturated carbocycles. The van der Waals surface area contributed by atoms with Crippen LogP contribution in [0, 0.1) is 0 Å². The van der Waals surface area contributed by atoms with E-state index in [4.69, 9.17) is 0 Å². The van der Waals surface area contributed by atoms with Crippen molar-refractivity contribution < 1.29 is 4.79 Å². The molecular weight excluding hydrogens is 139 g/mol. The lowest BCUT2D eigenvalue weighted by Crippen LogP contribution is -2.11. The summed E-state index contributed by atoms with van der Waals surface area (Å²) in [6.45, 7) is 0. The molecule has 0 aromatic carbocycles. The standard InChI is InChI=1S/C4H9BOS2/c6-3-5-4(8)1-2-7/h3-5,7-8H,1-2H2. The Morgan fingerprint density at radius 1 is 1.75 bits per heavy atom. The summed E-state index contributed by atoms with van der Waals surface area (Å²) >= 11 is 8.10. The zero-order valence-electron chi connectivity index (χ0n) is 4.58. The van der Waals surface area contributed by atoms with Gasteiger partial charge in [0, 0.05) is 0 Å². The third-order valence-corrected chi connectivity index (χ3v) is 1.56. The second-order valence-electron chi connectivity index (χ2n) is 1.57. The molecule has 0 N–H and O–H groups in total. The average Bonchev–Trinajstić information content (AvgIpc) is 1.68. The molecule has 0 radical (unpaired) electrons. The van der Waals surface area contributed by atoms with Crippen molar-refractivity contribution in [2.45, 2.75) is 11.6 Å². The molecule has 0 aliphatic rings. The minimum Gasteiger partial charge on any atom is -0.315 e. The van der Waals surface area contributed by atoms with E-state index < -0.39 is 0 Å². The van der Waals surface area contributed by atoms with E-state index in [0.717, 1.165) is 18.4 Å². The van der Waals surface area contributed by atoms with E-state index in [0.29, 0.717) is 7.28 Å². The summed E-state index contributed by atoms with van der Waals surface area (Å²) in [7, 11) is 0.545. The smallest absolute Gasteiger partial charge is 0.214 e. The molecule has 0 rings (SSSR count). The van der Waals surface area contributed by atoms with Gasteiger partial charge in [0.2, 0.25) is 7.28 Å². The van der Waals surface area contributed by atoms with Crippen LogP contribution >= 0.6 is 25.3 Å². The second kappa shape index (κ2) is 5.57. The lowest BCUT2D eigenvalue weighted by molar-refractivity contribution is 0.568. The Morgan fingerprint density at radius 3 is 2.75 bits per heavy atom. The predicted octanol–water partition coefficient (Wildman–Crippen LogP) is 0.189. The topological polar surface area (TPSA) is 17.1 Å². The van der Waals surface area contributed by atoms with Crippen LogP contribution in [0.1, 0.15) is 6.42 Å². The molecule has 0 spiro atoms. The molecule has 0 bridgehead atoms. The molecule has 46 valence electrons. The molecule has 0 aliphatic carbocycles. The van der Waals surface area contributed by atoms with Gasteiger partial charge in [0.1, 0.15) is 0 Å². The van der Waals surface area contributed by atoms with Crippen molar-refractivity contribution >= 4 is 38.7 Å². The van der Waals surface area contributed by atoms with E-state index in [1.165, 1.54) is 0 Å². The number of hydrogen-bond acceptors (Lipinski definition) is 3. The fraction of sp³-hybridized carbons (Fsp3) is 0.750. The molecule has 1 unspecified atom stereocenters. The average molecular weight is 148 g/mol. The van der Waals surface area contributed by atoms with Gasteiger partial charge < -0.3 is 4.79 Å². The van der Waals surface area contributed by atoms with E-state index in [1.54, 1.807) is 0 Å². The van der Waals surface area contributed by atoms with Gasteiger partial charge in [-0.3, -0.25) is 0 Å². The van der Waals surface area contributed by atoms with Gasteiger partial charge in [-0.15, -0.1) is 0 Å². The van der Waals surface area contributed by atoms with Gasteiger partial charge in [-0.2, -0.15) is 25.3 Å². The fourth-order valence-electron chi connectivity index (χ4n) is 0.378. The first-order valence-corrected chi connectivity index (χ1v) is 3.68. The Morgan fingerprint density at radius 2 is 2.38 bits per heavy atom. The quantitative estimate of drug-likeness (QED) is 0.330. The highest BCUT2D eigenvalue weighted by molar-refractivity contribution is 7.83. The Balaban J connectivity index is 3.03. The fourth-order valence-corrected chi connectivity index (χ4v) is 1.11. The number of hydrogen-bond donors (Lipinski definition) is 2. The van der Waals surface area contributed by atoms with E-state index in [2.05, 4.69) is 25.3 Å². The molecule has 0 fully saturated rings. The van der Waals surface area contributed by atoms with Gasteiger partial charge >= 0.3 is 0 Å². The lowest BCUT2D eigenvalue weighted by Gasteiger charge is -1.98. The number of thiol groups is 2. The van der Waals surface area contributed by atoms with Crippen molar-refractivity contribution in [2.24, 2.45) is 0 Å². The van der Waals surface area contributed by atoms with Gasteiger partial charge in [0.05, 0.1) is 6.19 Å². The van der Waals surface area contributed by atoms with E-state index in [9.17, 15) is 4.79 Å². The van der Waals surface area contributed by atoms with Crippen LogP contribution < -0.4 is 0 Å². The van der Waals surface area contributed by atoms with Crippen molar-refractivity contribution in [2.75, 3.05) is 5.75 Å². The van der Waals surface area contributed by atoms with Crippen LogP contribution in [0.15, 0.2) is 0 Å². The largest absolute Gasteiger partial charge is 0.315 e. The number of rotatable bonds is 4. The van der Waals surface area contributed by atoms with Crippen LogP contribution in [-0.4, -0.2) is 24.4 Å².